The molecule has 116 valence electrons. The second kappa shape index (κ2) is 5.76. The van der Waals surface area contributed by atoms with Crippen LogP contribution in [0.2, 0.25) is 0 Å². The number of piperazine rings is 1. The van der Waals surface area contributed by atoms with Crippen LogP contribution in [0, 0.1) is 0 Å². The number of ether oxygens (including phenoxy) is 1. The third-order valence-electron chi connectivity index (χ3n) is 3.75. The van der Waals surface area contributed by atoms with E-state index in [9.17, 15) is 9.90 Å². The van der Waals surface area contributed by atoms with Crippen molar-refractivity contribution < 1.29 is 14.6 Å². The zero-order valence-corrected chi connectivity index (χ0v) is 12.6. The Morgan fingerprint density at radius 1 is 1.23 bits per heavy atom. The van der Waals surface area contributed by atoms with Crippen molar-refractivity contribution in [2.45, 2.75) is 6.92 Å². The number of rotatable bonds is 2. The molecule has 1 N–H and O–H groups in total. The number of likely N-dealkylation sites (N-methyl/N-ethyl adjacent to an activating group) is 1. The quantitative estimate of drug-likeness (QED) is 0.655. The second-order valence-electron chi connectivity index (χ2n) is 5.42. The van der Waals surface area contributed by atoms with Crippen LogP contribution in [-0.4, -0.2) is 59.2 Å². The summed E-state index contributed by atoms with van der Waals surface area (Å²) in [6.45, 7) is 4.95. The largest absolute Gasteiger partial charge is 0.504 e. The third kappa shape index (κ3) is 2.80. The van der Waals surface area contributed by atoms with Gasteiger partial charge in [0.15, 0.2) is 11.5 Å². The summed E-state index contributed by atoms with van der Waals surface area (Å²) in [5.41, 5.74) is 0.637. The van der Waals surface area contributed by atoms with Gasteiger partial charge in [0.2, 0.25) is 0 Å². The molecule has 0 bridgehead atoms. The van der Waals surface area contributed by atoms with Crippen LogP contribution in [0.4, 0.5) is 5.82 Å². The van der Waals surface area contributed by atoms with Crippen molar-refractivity contribution in [3.8, 4) is 11.5 Å². The van der Waals surface area contributed by atoms with Gasteiger partial charge in [-0.25, -0.2) is 9.97 Å². The van der Waals surface area contributed by atoms with Gasteiger partial charge in [-0.3, -0.25) is 4.79 Å². The fourth-order valence-electron chi connectivity index (χ4n) is 2.57. The Bertz CT molecular complexity index is 711. The molecule has 0 unspecified atom stereocenters. The minimum absolute atomic E-state index is 0.0899. The number of fused-ring (bicyclic) bond motifs is 1. The average molecular weight is 302 g/mol. The number of anilines is 1. The molecule has 7 nitrogen and oxygen atoms in total. The molecule has 2 aromatic rings. The zero-order valence-electron chi connectivity index (χ0n) is 12.6. The first-order valence-corrected chi connectivity index (χ1v) is 7.14. The SMILES string of the molecule is CC(=O)Oc1cc2ncnc(N3CCN(C)CC3)c2cc1O. The molecule has 1 aromatic carbocycles. The van der Waals surface area contributed by atoms with Gasteiger partial charge >= 0.3 is 5.97 Å². The molecule has 0 saturated carbocycles. The normalized spacial score (nSPS) is 16.0. The molecule has 1 aliphatic heterocycles. The van der Waals surface area contributed by atoms with Crippen molar-refractivity contribution in [1.82, 2.24) is 14.9 Å². The summed E-state index contributed by atoms with van der Waals surface area (Å²) >= 11 is 0. The highest BCUT2D eigenvalue weighted by Gasteiger charge is 2.19. The van der Waals surface area contributed by atoms with Gasteiger partial charge in [0.05, 0.1) is 5.52 Å². The zero-order chi connectivity index (χ0) is 15.7. The lowest BCUT2D eigenvalue weighted by Gasteiger charge is -2.33. The minimum atomic E-state index is -0.483. The first-order chi connectivity index (χ1) is 10.5. The maximum Gasteiger partial charge on any atom is 0.308 e. The summed E-state index contributed by atoms with van der Waals surface area (Å²) in [6.07, 6.45) is 1.49. The molecular formula is C15H18N4O3. The second-order valence-corrected chi connectivity index (χ2v) is 5.42. The van der Waals surface area contributed by atoms with Crippen molar-refractivity contribution in [2.75, 3.05) is 38.1 Å². The van der Waals surface area contributed by atoms with E-state index in [1.54, 1.807) is 12.1 Å². The van der Waals surface area contributed by atoms with E-state index >= 15 is 0 Å². The molecule has 22 heavy (non-hydrogen) atoms. The van der Waals surface area contributed by atoms with E-state index in [0.29, 0.717) is 5.52 Å². The number of aromatic nitrogens is 2. The average Bonchev–Trinajstić information content (AvgIpc) is 2.48. The number of phenolic OH excluding ortho intramolecular Hbond substituents is 1. The minimum Gasteiger partial charge on any atom is -0.504 e. The van der Waals surface area contributed by atoms with Crippen LogP contribution in [0.3, 0.4) is 0 Å². The van der Waals surface area contributed by atoms with Gasteiger partial charge in [0.1, 0.15) is 12.1 Å². The van der Waals surface area contributed by atoms with Crippen molar-refractivity contribution in [2.24, 2.45) is 0 Å². The molecule has 0 aliphatic carbocycles. The van der Waals surface area contributed by atoms with Gasteiger partial charge in [-0.15, -0.1) is 0 Å². The summed E-state index contributed by atoms with van der Waals surface area (Å²) in [5, 5.41) is 10.8. The number of hydrogen-bond acceptors (Lipinski definition) is 7. The standard InChI is InChI=1S/C15H18N4O3/c1-10(20)22-14-8-12-11(7-13(14)21)15(17-9-16-12)19-5-3-18(2)4-6-19/h7-9,21H,3-6H2,1-2H3. The summed E-state index contributed by atoms with van der Waals surface area (Å²) in [4.78, 5) is 24.1. The Hall–Kier alpha value is -2.41. The molecule has 1 aromatic heterocycles. The summed E-state index contributed by atoms with van der Waals surface area (Å²) in [6, 6.07) is 3.12. The molecule has 1 fully saturated rings. The fourth-order valence-corrected chi connectivity index (χ4v) is 2.57. The van der Waals surface area contributed by atoms with Gasteiger partial charge in [-0.05, 0) is 13.1 Å². The molecular weight excluding hydrogens is 284 g/mol. The van der Waals surface area contributed by atoms with E-state index in [4.69, 9.17) is 4.74 Å². The molecule has 3 rings (SSSR count). The molecule has 0 spiro atoms. The smallest absolute Gasteiger partial charge is 0.308 e. The Labute approximate surface area is 128 Å². The number of carbonyl (C=O) groups excluding carboxylic acids is 1. The van der Waals surface area contributed by atoms with Crippen molar-refractivity contribution in [3.63, 3.8) is 0 Å². The van der Waals surface area contributed by atoms with Gasteiger partial charge in [-0.1, -0.05) is 0 Å². The number of benzene rings is 1. The number of nitrogens with zero attached hydrogens (tertiary/aromatic N) is 4. The summed E-state index contributed by atoms with van der Waals surface area (Å²) in [5.74, 6) is 0.335. The molecule has 0 radical (unpaired) electrons. The van der Waals surface area contributed by atoms with E-state index < -0.39 is 5.97 Å². The van der Waals surface area contributed by atoms with Crippen LogP contribution in [0.25, 0.3) is 10.9 Å². The van der Waals surface area contributed by atoms with Crippen LogP contribution in [0.1, 0.15) is 6.92 Å². The number of carbonyl (C=O) groups is 1. The Morgan fingerprint density at radius 3 is 2.64 bits per heavy atom. The number of hydrogen-bond donors (Lipinski definition) is 1. The van der Waals surface area contributed by atoms with Crippen molar-refractivity contribution >= 4 is 22.7 Å². The first kappa shape index (κ1) is 14.5. The van der Waals surface area contributed by atoms with Crippen LogP contribution in [-0.2, 0) is 4.79 Å². The topological polar surface area (TPSA) is 78.8 Å². The third-order valence-corrected chi connectivity index (χ3v) is 3.75. The van der Waals surface area contributed by atoms with Crippen LogP contribution in [0.15, 0.2) is 18.5 Å². The fraction of sp³-hybridized carbons (Fsp3) is 0.400. The number of aromatic hydroxyl groups is 1. The van der Waals surface area contributed by atoms with Gasteiger partial charge in [0.25, 0.3) is 0 Å². The predicted octanol–water partition coefficient (Wildman–Crippen LogP) is 1.01. The maximum absolute atomic E-state index is 11.1. The molecule has 2 heterocycles. The van der Waals surface area contributed by atoms with Crippen molar-refractivity contribution in [1.29, 1.82) is 0 Å². The Kier molecular flexibility index (Phi) is 3.81. The van der Waals surface area contributed by atoms with Gasteiger partial charge in [0, 0.05) is 44.6 Å². The lowest BCUT2D eigenvalue weighted by Crippen LogP contribution is -2.44. The summed E-state index contributed by atoms with van der Waals surface area (Å²) in [7, 11) is 2.09. The molecule has 0 amide bonds. The lowest BCUT2D eigenvalue weighted by molar-refractivity contribution is -0.132. The van der Waals surface area contributed by atoms with E-state index in [1.807, 2.05) is 0 Å². The Morgan fingerprint density at radius 2 is 1.95 bits per heavy atom. The highest BCUT2D eigenvalue weighted by Crippen LogP contribution is 2.34. The highest BCUT2D eigenvalue weighted by atomic mass is 16.5. The van der Waals surface area contributed by atoms with E-state index in [1.165, 1.54) is 13.3 Å². The first-order valence-electron chi connectivity index (χ1n) is 7.14. The van der Waals surface area contributed by atoms with E-state index in [0.717, 1.165) is 37.4 Å². The van der Waals surface area contributed by atoms with Crippen LogP contribution < -0.4 is 9.64 Å². The summed E-state index contributed by atoms with van der Waals surface area (Å²) < 4.78 is 4.98. The predicted molar refractivity (Wildman–Crippen MR) is 82.2 cm³/mol. The van der Waals surface area contributed by atoms with E-state index in [-0.39, 0.29) is 11.5 Å². The Balaban J connectivity index is 2.01. The number of esters is 1. The molecule has 1 aliphatic rings. The van der Waals surface area contributed by atoms with Gasteiger partial charge in [-0.2, -0.15) is 0 Å². The van der Waals surface area contributed by atoms with E-state index in [2.05, 4.69) is 26.8 Å². The van der Waals surface area contributed by atoms with Crippen molar-refractivity contribution in [3.05, 3.63) is 18.5 Å². The highest BCUT2D eigenvalue weighted by molar-refractivity contribution is 5.92. The molecule has 0 atom stereocenters. The molecule has 1 saturated heterocycles. The van der Waals surface area contributed by atoms with Crippen LogP contribution in [0.5, 0.6) is 11.5 Å². The monoisotopic (exact) mass is 302 g/mol. The number of phenols is 1. The molecule has 7 heteroatoms. The van der Waals surface area contributed by atoms with Gasteiger partial charge < -0.3 is 19.6 Å². The van der Waals surface area contributed by atoms with Crippen LogP contribution >= 0.6 is 0 Å². The maximum atomic E-state index is 11.1. The lowest BCUT2D eigenvalue weighted by atomic mass is 10.2.